The van der Waals surface area contributed by atoms with Gasteiger partial charge in [0.25, 0.3) is 0 Å². The second-order valence-electron chi connectivity index (χ2n) is 8.93. The molecule has 2 aromatic carbocycles. The summed E-state index contributed by atoms with van der Waals surface area (Å²) in [6, 6.07) is 30.5. The first-order valence-electron chi connectivity index (χ1n) is 13.8. The fourth-order valence-electron chi connectivity index (χ4n) is 3.45. The van der Waals surface area contributed by atoms with E-state index in [0.29, 0.717) is 32.1 Å². The van der Waals surface area contributed by atoms with E-state index in [1.165, 1.54) is 39.3 Å². The Kier molecular flexibility index (Phi) is 27.5. The van der Waals surface area contributed by atoms with Crippen molar-refractivity contribution in [2.75, 3.05) is 13.2 Å². The third kappa shape index (κ3) is 18.7. The Morgan fingerprint density at radius 2 is 1.29 bits per heavy atom. The number of rotatable bonds is 4. The number of benzene rings is 2. The van der Waals surface area contributed by atoms with Gasteiger partial charge in [-0.25, -0.2) is 10.9 Å². The summed E-state index contributed by atoms with van der Waals surface area (Å²) in [5.41, 5.74) is 2.37. The van der Waals surface area contributed by atoms with Crippen LogP contribution in [0.4, 0.5) is 5.69 Å². The molecule has 0 amide bonds. The van der Waals surface area contributed by atoms with Gasteiger partial charge in [0.15, 0.2) is 5.69 Å². The van der Waals surface area contributed by atoms with E-state index in [2.05, 4.69) is 26.2 Å². The van der Waals surface area contributed by atoms with Crippen molar-refractivity contribution in [1.82, 2.24) is 0 Å². The van der Waals surface area contributed by atoms with E-state index >= 15 is 0 Å². The van der Waals surface area contributed by atoms with Crippen LogP contribution < -0.4 is 17.0 Å². The minimum absolute atomic E-state index is 0. The molecule has 0 N–H and O–H groups in total. The van der Waals surface area contributed by atoms with Crippen LogP contribution in [0.2, 0.25) is 0 Å². The van der Waals surface area contributed by atoms with E-state index < -0.39 is 0 Å². The second-order valence-corrected chi connectivity index (χ2v) is 13.9. The maximum absolute atomic E-state index is 12.1. The van der Waals surface area contributed by atoms with Crippen LogP contribution in [0.25, 0.3) is 4.85 Å². The summed E-state index contributed by atoms with van der Waals surface area (Å²) < 4.78 is 6.14. The van der Waals surface area contributed by atoms with E-state index in [0.717, 1.165) is 13.2 Å². The molecule has 0 bridgehead atoms. The van der Waals surface area contributed by atoms with Gasteiger partial charge in [-0.2, -0.15) is 16.7 Å². The molecule has 5 heterocycles. The minimum atomic E-state index is -0.00452. The Balaban J connectivity index is -0.000000626. The largest absolute Gasteiger partial charge is 2.00 e. The van der Waals surface area contributed by atoms with Crippen LogP contribution in [-0.2, 0) is 4.74 Å². The zero-order valence-corrected chi connectivity index (χ0v) is 35.6. The number of ketones is 2. The summed E-state index contributed by atoms with van der Waals surface area (Å²) in [5.74, 6) is -0.00903. The number of halogens is 2. The third-order valence-corrected chi connectivity index (χ3v) is 9.50. The average molecular weight is 875 g/mol. The van der Waals surface area contributed by atoms with Crippen molar-refractivity contribution in [3.05, 3.63) is 166 Å². The SMILES string of the molecule is Brc1cccs1.C1CCOC1.O=C(c1ccc(C(=O)c2cccs2)cc1)c1cccs1.[Br-].[C-]#[N+]c1ccc(C#N)cc1.[H-].[H-].[Mg+2].[Mg+2].[c-]1cccs1. The molecular weight excluding hydrogens is 845 g/mol. The number of nitriles is 1. The summed E-state index contributed by atoms with van der Waals surface area (Å²) in [5, 5.41) is 19.0. The number of nitrogens with zero attached hydrogens (tertiary/aromatic N) is 2. The maximum Gasteiger partial charge on any atom is 2.00 e. The zero-order valence-electron chi connectivity index (χ0n) is 28.3. The van der Waals surface area contributed by atoms with Crippen LogP contribution in [0, 0.1) is 23.3 Å². The molecule has 0 spiro atoms. The van der Waals surface area contributed by atoms with Crippen LogP contribution in [0.5, 0.6) is 0 Å². The first-order chi connectivity index (χ1) is 22.5. The predicted octanol–water partition coefficient (Wildman–Crippen LogP) is 7.70. The molecule has 13 heteroatoms. The molecule has 6 aromatic rings. The van der Waals surface area contributed by atoms with Crippen molar-refractivity contribution in [2.24, 2.45) is 0 Å². The number of carbonyl (C=O) groups is 2. The van der Waals surface area contributed by atoms with Crippen LogP contribution >= 0.6 is 61.3 Å². The molecule has 244 valence electrons. The molecular formula is C36H30Br2Mg2N2O3S4. The molecule has 0 aliphatic carbocycles. The Morgan fingerprint density at radius 1 is 0.776 bits per heavy atom. The Bertz CT molecular complexity index is 1650. The molecule has 7 rings (SSSR count). The van der Waals surface area contributed by atoms with Gasteiger partial charge >= 0.3 is 46.1 Å². The van der Waals surface area contributed by atoms with Crippen LogP contribution in [0.1, 0.15) is 51.7 Å². The fourth-order valence-corrected chi connectivity index (χ4v) is 6.13. The van der Waals surface area contributed by atoms with Crippen LogP contribution in [-0.4, -0.2) is 70.9 Å². The molecule has 1 aliphatic heterocycles. The predicted molar refractivity (Wildman–Crippen MR) is 208 cm³/mol. The number of carbonyl (C=O) groups excluding carboxylic acids is 2. The summed E-state index contributed by atoms with van der Waals surface area (Å²) in [7, 11) is 0. The van der Waals surface area contributed by atoms with E-state index in [1.54, 1.807) is 83.3 Å². The zero-order chi connectivity index (χ0) is 32.8. The van der Waals surface area contributed by atoms with Gasteiger partial charge in [-0.3, -0.25) is 9.59 Å². The van der Waals surface area contributed by atoms with E-state index in [4.69, 9.17) is 16.6 Å². The van der Waals surface area contributed by atoms with Gasteiger partial charge in [-0.1, -0.05) is 66.7 Å². The number of ether oxygens (including phenoxy) is 1. The smallest absolute Gasteiger partial charge is 1.00 e. The molecule has 0 atom stereocenters. The summed E-state index contributed by atoms with van der Waals surface area (Å²) in [4.78, 5) is 28.9. The summed E-state index contributed by atoms with van der Waals surface area (Å²) >= 11 is 9.42. The van der Waals surface area contributed by atoms with Crippen molar-refractivity contribution in [3.63, 3.8) is 0 Å². The van der Waals surface area contributed by atoms with E-state index in [1.807, 2.05) is 64.0 Å². The average Bonchev–Trinajstić information content (AvgIpc) is 3.96. The molecule has 5 nitrogen and oxygen atoms in total. The van der Waals surface area contributed by atoms with Crippen LogP contribution in [0.15, 0.2) is 122 Å². The second kappa shape index (κ2) is 28.7. The monoisotopic (exact) mass is 872 g/mol. The topological polar surface area (TPSA) is 71.5 Å². The third-order valence-electron chi connectivity index (χ3n) is 5.72. The van der Waals surface area contributed by atoms with Crippen molar-refractivity contribution < 1.29 is 34.2 Å². The Morgan fingerprint density at radius 3 is 1.55 bits per heavy atom. The Labute approximate surface area is 358 Å². The first kappa shape index (κ1) is 47.0. The molecule has 0 radical (unpaired) electrons. The first-order valence-corrected chi connectivity index (χ1v) is 18.1. The molecule has 49 heavy (non-hydrogen) atoms. The summed E-state index contributed by atoms with van der Waals surface area (Å²) in [6.07, 6.45) is 2.56. The number of thiophene rings is 4. The van der Waals surface area contributed by atoms with Crippen LogP contribution in [0.3, 0.4) is 0 Å². The van der Waals surface area contributed by atoms with Crippen molar-refractivity contribution >= 4 is 125 Å². The summed E-state index contributed by atoms with van der Waals surface area (Å²) in [6.45, 7) is 8.61. The van der Waals surface area contributed by atoms with Gasteiger partial charge in [-0.15, -0.1) is 39.4 Å². The number of hydrogen-bond donors (Lipinski definition) is 0. The molecule has 1 aliphatic rings. The van der Waals surface area contributed by atoms with Crippen molar-refractivity contribution in [2.45, 2.75) is 12.8 Å². The maximum atomic E-state index is 12.1. The van der Waals surface area contributed by atoms with Crippen molar-refractivity contribution in [1.29, 1.82) is 5.26 Å². The molecule has 0 saturated carbocycles. The van der Waals surface area contributed by atoms with Crippen molar-refractivity contribution in [3.8, 4) is 6.07 Å². The van der Waals surface area contributed by atoms with Gasteiger partial charge in [0.2, 0.25) is 11.6 Å². The molecule has 1 saturated heterocycles. The minimum Gasteiger partial charge on any atom is -1.00 e. The van der Waals surface area contributed by atoms with Gasteiger partial charge in [-0.05, 0) is 63.1 Å². The molecule has 0 unspecified atom stereocenters. The van der Waals surface area contributed by atoms with Gasteiger partial charge < -0.3 is 35.9 Å². The van der Waals surface area contributed by atoms with E-state index in [9.17, 15) is 9.59 Å². The van der Waals surface area contributed by atoms with Gasteiger partial charge in [0, 0.05) is 29.9 Å². The fraction of sp³-hybridized carbons (Fsp3) is 0.111. The normalized spacial score (nSPS) is 10.2. The van der Waals surface area contributed by atoms with E-state index in [-0.39, 0.29) is 77.5 Å². The Hall–Kier alpha value is -1.99. The quantitative estimate of drug-likeness (QED) is 0.104. The van der Waals surface area contributed by atoms with Gasteiger partial charge in [0.05, 0.1) is 26.2 Å². The molecule has 4 aromatic heterocycles. The standard InChI is InChI=1S/C16H10O2S2.C8H4N2.C4H3BrS.C4H8O.C4H3S.BrH.2Mg.2H/c17-15(13-3-1-9-19-13)11-5-7-12(8-6-11)16(18)14-4-2-10-20-14;1-10-8-4-2-7(6-9)3-5-8;5-4-2-1-3-6-4;2*1-2-4-5-3-1;;;;;/h1-10H;2-5H;1-3H;1-4H2;1-3H;1H;;;;/q;;;;-1;;2*+2;2*-1/p-1. The number of hydrogen-bond acceptors (Lipinski definition) is 8. The van der Waals surface area contributed by atoms with Gasteiger partial charge in [0.1, 0.15) is 0 Å². The molecule has 1 fully saturated rings.